The van der Waals surface area contributed by atoms with Gasteiger partial charge in [0.05, 0.1) is 11.1 Å². The third-order valence-electron chi connectivity index (χ3n) is 4.27. The maximum atomic E-state index is 13.3. The first kappa shape index (κ1) is 20.1. The number of allylic oxidation sites excluding steroid dienone is 1. The Bertz CT molecular complexity index is 1170. The smallest absolute Gasteiger partial charge is 0.345 e. The Morgan fingerprint density at radius 3 is 2.66 bits per heavy atom. The van der Waals surface area contributed by atoms with E-state index >= 15 is 0 Å². The minimum Gasteiger partial charge on any atom is -0.345 e. The lowest BCUT2D eigenvalue weighted by atomic mass is 10.0. The second kappa shape index (κ2) is 7.75. The predicted molar refractivity (Wildman–Crippen MR) is 106 cm³/mol. The summed E-state index contributed by atoms with van der Waals surface area (Å²) in [5.41, 5.74) is 2.09. The van der Waals surface area contributed by atoms with E-state index in [1.165, 1.54) is 20.2 Å². The predicted octanol–water partition coefficient (Wildman–Crippen LogP) is 4.75. The molecule has 0 amide bonds. The van der Waals surface area contributed by atoms with E-state index in [0.29, 0.717) is 27.7 Å². The molecule has 0 unspecified atom stereocenters. The van der Waals surface area contributed by atoms with E-state index in [9.17, 15) is 18.4 Å². The molecule has 0 bridgehead atoms. The fourth-order valence-electron chi connectivity index (χ4n) is 3.02. The number of aromatic nitrogens is 3. The number of rotatable bonds is 3. The topological polar surface area (TPSA) is 89.8 Å². The van der Waals surface area contributed by atoms with E-state index in [2.05, 4.69) is 31.3 Å². The number of nitrogens with one attached hydrogen (secondary N) is 2. The average Bonchev–Trinajstić information content (AvgIpc) is 3.09. The van der Waals surface area contributed by atoms with E-state index in [1.807, 2.05) is 13.0 Å². The second-order valence-corrected chi connectivity index (χ2v) is 6.24. The molecule has 2 N–H and O–H groups in total. The molecule has 0 aliphatic carbocycles. The zero-order chi connectivity index (χ0) is 21.2. The first-order valence-corrected chi connectivity index (χ1v) is 8.60. The van der Waals surface area contributed by atoms with Gasteiger partial charge in [-0.05, 0) is 37.1 Å². The third-order valence-corrected chi connectivity index (χ3v) is 4.27. The number of amidine groups is 1. The molecule has 0 aliphatic rings. The zero-order valence-electron chi connectivity index (χ0n) is 15.9. The number of nitrogens with zero attached hydrogens (tertiary/aromatic N) is 4. The minimum absolute atomic E-state index is 0.157. The summed E-state index contributed by atoms with van der Waals surface area (Å²) in [5.74, 6) is -0.197. The maximum Gasteiger partial charge on any atom is 0.419 e. The summed E-state index contributed by atoms with van der Waals surface area (Å²) < 4.78 is 39.9. The average molecular weight is 398 g/mol. The molecule has 0 aromatic carbocycles. The van der Waals surface area contributed by atoms with Gasteiger partial charge in [-0.15, -0.1) is 0 Å². The van der Waals surface area contributed by atoms with Gasteiger partial charge in [-0.3, -0.25) is 9.98 Å². The van der Waals surface area contributed by atoms with Gasteiger partial charge in [0.15, 0.2) is 0 Å². The summed E-state index contributed by atoms with van der Waals surface area (Å²) in [4.78, 5) is 15.1. The third kappa shape index (κ3) is 3.96. The standard InChI is InChI=1S/C20H17F3N6/c1-4-15(20(21,22)23)18(25-3)28-16-6-14(12-5-11(2)8-26-9-12)17-13(7-24)10-27-19(17)29-16/h4-6,8-10H,1-3H3,(H2,25,27,28,29)/b15-4+. The number of nitriles is 1. The van der Waals surface area contributed by atoms with Crippen molar-refractivity contribution < 1.29 is 13.2 Å². The molecular weight excluding hydrogens is 381 g/mol. The molecule has 0 saturated carbocycles. The normalized spacial score (nSPS) is 12.9. The zero-order valence-corrected chi connectivity index (χ0v) is 15.9. The summed E-state index contributed by atoms with van der Waals surface area (Å²) in [6.45, 7) is 3.17. The number of aromatic amines is 1. The molecular formula is C20H17F3N6. The van der Waals surface area contributed by atoms with Crippen molar-refractivity contribution in [1.29, 1.82) is 5.26 Å². The Hall–Kier alpha value is -3.67. The highest BCUT2D eigenvalue weighted by molar-refractivity contribution is 6.09. The van der Waals surface area contributed by atoms with E-state index < -0.39 is 11.7 Å². The van der Waals surface area contributed by atoms with Crippen molar-refractivity contribution in [3.63, 3.8) is 0 Å². The van der Waals surface area contributed by atoms with Crippen molar-refractivity contribution in [2.75, 3.05) is 12.4 Å². The van der Waals surface area contributed by atoms with Gasteiger partial charge in [0.2, 0.25) is 0 Å². The number of pyridine rings is 2. The summed E-state index contributed by atoms with van der Waals surface area (Å²) in [5, 5.41) is 12.6. The van der Waals surface area contributed by atoms with Crippen LogP contribution in [0.3, 0.4) is 0 Å². The van der Waals surface area contributed by atoms with Crippen LogP contribution in [-0.4, -0.2) is 34.0 Å². The van der Waals surface area contributed by atoms with Crippen LogP contribution >= 0.6 is 0 Å². The number of H-pyrrole nitrogens is 1. The molecule has 3 aromatic rings. The van der Waals surface area contributed by atoms with Crippen molar-refractivity contribution in [1.82, 2.24) is 15.0 Å². The van der Waals surface area contributed by atoms with Gasteiger partial charge >= 0.3 is 6.18 Å². The van der Waals surface area contributed by atoms with E-state index in [4.69, 9.17) is 0 Å². The Morgan fingerprint density at radius 2 is 2.07 bits per heavy atom. The van der Waals surface area contributed by atoms with Crippen molar-refractivity contribution in [2.45, 2.75) is 20.0 Å². The lowest BCUT2D eigenvalue weighted by molar-refractivity contribution is -0.0861. The van der Waals surface area contributed by atoms with Crippen LogP contribution in [0.15, 0.2) is 47.4 Å². The number of anilines is 1. The Labute approximate surface area is 164 Å². The van der Waals surface area contributed by atoms with Gasteiger partial charge in [0.1, 0.15) is 23.4 Å². The Kier molecular flexibility index (Phi) is 5.37. The molecule has 3 aromatic heterocycles. The van der Waals surface area contributed by atoms with Crippen molar-refractivity contribution in [3.8, 4) is 17.2 Å². The van der Waals surface area contributed by atoms with Crippen LogP contribution in [0, 0.1) is 18.3 Å². The van der Waals surface area contributed by atoms with Crippen LogP contribution in [-0.2, 0) is 0 Å². The number of alkyl halides is 3. The minimum atomic E-state index is -4.57. The number of hydrogen-bond acceptors (Lipinski definition) is 4. The molecule has 0 fully saturated rings. The molecule has 29 heavy (non-hydrogen) atoms. The monoisotopic (exact) mass is 398 g/mol. The molecule has 0 saturated heterocycles. The van der Waals surface area contributed by atoms with Crippen LogP contribution in [0.5, 0.6) is 0 Å². The number of halogens is 3. The summed E-state index contributed by atoms with van der Waals surface area (Å²) in [6.07, 6.45) is 1.21. The van der Waals surface area contributed by atoms with Crippen LogP contribution in [0.25, 0.3) is 22.2 Å². The number of aliphatic imine (C=N–C) groups is 1. The highest BCUT2D eigenvalue weighted by Crippen LogP contribution is 2.33. The molecule has 6 nitrogen and oxygen atoms in total. The van der Waals surface area contributed by atoms with Gasteiger partial charge in [-0.25, -0.2) is 4.98 Å². The SMILES string of the molecule is C/C=C(\C(=NC)Nc1cc(-c2cncc(C)c2)c2c(C#N)c[nH]c2n1)C(F)(F)F. The quantitative estimate of drug-likeness (QED) is 0.492. The molecule has 0 atom stereocenters. The second-order valence-electron chi connectivity index (χ2n) is 6.24. The van der Waals surface area contributed by atoms with E-state index in [1.54, 1.807) is 18.5 Å². The lowest BCUT2D eigenvalue weighted by Crippen LogP contribution is -2.26. The maximum absolute atomic E-state index is 13.3. The summed E-state index contributed by atoms with van der Waals surface area (Å²) in [7, 11) is 1.27. The molecule has 3 heterocycles. The molecule has 3 rings (SSSR count). The summed E-state index contributed by atoms with van der Waals surface area (Å²) >= 11 is 0. The van der Waals surface area contributed by atoms with Gasteiger partial charge in [-0.2, -0.15) is 18.4 Å². The first-order valence-electron chi connectivity index (χ1n) is 8.60. The van der Waals surface area contributed by atoms with Gasteiger partial charge in [0, 0.05) is 36.6 Å². The highest BCUT2D eigenvalue weighted by Gasteiger charge is 2.36. The lowest BCUT2D eigenvalue weighted by Gasteiger charge is -2.16. The van der Waals surface area contributed by atoms with Gasteiger partial charge in [0.25, 0.3) is 0 Å². The molecule has 9 heteroatoms. The van der Waals surface area contributed by atoms with Gasteiger partial charge in [-0.1, -0.05) is 6.08 Å². The molecule has 0 radical (unpaired) electrons. The van der Waals surface area contributed by atoms with Crippen molar-refractivity contribution in [2.24, 2.45) is 4.99 Å². The van der Waals surface area contributed by atoms with Crippen LogP contribution in [0.4, 0.5) is 19.0 Å². The van der Waals surface area contributed by atoms with Crippen LogP contribution in [0.1, 0.15) is 18.1 Å². The Balaban J connectivity index is 2.17. The van der Waals surface area contributed by atoms with Crippen molar-refractivity contribution >= 4 is 22.7 Å². The van der Waals surface area contributed by atoms with Crippen molar-refractivity contribution in [3.05, 3.63) is 53.5 Å². The summed E-state index contributed by atoms with van der Waals surface area (Å²) in [6, 6.07) is 5.56. The highest BCUT2D eigenvalue weighted by atomic mass is 19.4. The van der Waals surface area contributed by atoms with Gasteiger partial charge < -0.3 is 10.3 Å². The number of aryl methyl sites for hydroxylation is 1. The first-order chi connectivity index (χ1) is 13.8. The largest absolute Gasteiger partial charge is 0.419 e. The molecule has 148 valence electrons. The number of hydrogen-bond donors (Lipinski definition) is 2. The number of fused-ring (bicyclic) bond motifs is 1. The molecule has 0 spiro atoms. The molecule has 0 aliphatic heterocycles. The van der Waals surface area contributed by atoms with E-state index in [-0.39, 0.29) is 11.7 Å². The fraction of sp³-hybridized carbons (Fsp3) is 0.200. The van der Waals surface area contributed by atoms with E-state index in [0.717, 1.165) is 11.6 Å². The Morgan fingerprint density at radius 1 is 1.31 bits per heavy atom. The van der Waals surface area contributed by atoms with Crippen LogP contribution < -0.4 is 5.32 Å². The van der Waals surface area contributed by atoms with Crippen LogP contribution in [0.2, 0.25) is 0 Å². The fourth-order valence-corrected chi connectivity index (χ4v) is 3.02.